The molecule has 1 amide bonds. The third kappa shape index (κ3) is 3.49. The highest BCUT2D eigenvalue weighted by atomic mass is 16.5. The van der Waals surface area contributed by atoms with Crippen molar-refractivity contribution in [1.29, 1.82) is 0 Å². The lowest BCUT2D eigenvalue weighted by Gasteiger charge is -2.18. The number of anilines is 1. The van der Waals surface area contributed by atoms with Gasteiger partial charge >= 0.3 is 0 Å². The van der Waals surface area contributed by atoms with Crippen molar-refractivity contribution in [3.63, 3.8) is 0 Å². The van der Waals surface area contributed by atoms with Crippen LogP contribution in [0, 0.1) is 0 Å². The van der Waals surface area contributed by atoms with E-state index in [0.717, 1.165) is 55.9 Å². The van der Waals surface area contributed by atoms with Gasteiger partial charge in [0.1, 0.15) is 17.9 Å². The van der Waals surface area contributed by atoms with Crippen LogP contribution in [0.5, 0.6) is 5.75 Å². The maximum absolute atomic E-state index is 12.6. The third-order valence-corrected chi connectivity index (χ3v) is 5.27. The van der Waals surface area contributed by atoms with Crippen LogP contribution < -0.4 is 10.1 Å². The van der Waals surface area contributed by atoms with Crippen LogP contribution in [0.15, 0.2) is 30.6 Å². The summed E-state index contributed by atoms with van der Waals surface area (Å²) in [5.74, 6) is 1.94. The molecule has 1 fully saturated rings. The molecule has 1 aromatic heterocycles. The van der Waals surface area contributed by atoms with Crippen LogP contribution >= 0.6 is 0 Å². The van der Waals surface area contributed by atoms with Gasteiger partial charge < -0.3 is 15.0 Å². The molecule has 0 saturated carbocycles. The van der Waals surface area contributed by atoms with E-state index in [2.05, 4.69) is 15.3 Å². The van der Waals surface area contributed by atoms with Crippen LogP contribution in [0.1, 0.15) is 29.7 Å². The van der Waals surface area contributed by atoms with E-state index in [9.17, 15) is 4.79 Å². The smallest absolute Gasteiger partial charge is 0.227 e. The van der Waals surface area contributed by atoms with Gasteiger partial charge in [0.05, 0.1) is 13.5 Å². The van der Waals surface area contributed by atoms with Gasteiger partial charge in [-0.3, -0.25) is 4.79 Å². The van der Waals surface area contributed by atoms with Crippen LogP contribution in [0.25, 0.3) is 0 Å². The van der Waals surface area contributed by atoms with Crippen LogP contribution in [-0.2, 0) is 24.1 Å². The number of methoxy groups -OCH3 is 1. The Labute approximate surface area is 153 Å². The summed E-state index contributed by atoms with van der Waals surface area (Å²) >= 11 is 0. The van der Waals surface area contributed by atoms with Crippen molar-refractivity contribution in [2.75, 3.05) is 25.5 Å². The summed E-state index contributed by atoms with van der Waals surface area (Å²) in [6.45, 7) is 1.52. The number of likely N-dealkylation sites (tertiary alicyclic amines) is 1. The SMILES string of the molecule is COc1ccc(CC(=O)N2CCC(Nc3ncnc4c3CCC4)C2)cc1. The molecule has 0 bridgehead atoms. The monoisotopic (exact) mass is 352 g/mol. The van der Waals surface area contributed by atoms with Gasteiger partial charge in [-0.15, -0.1) is 0 Å². The van der Waals surface area contributed by atoms with E-state index in [1.165, 1.54) is 11.3 Å². The first kappa shape index (κ1) is 16.8. The zero-order valence-corrected chi connectivity index (χ0v) is 15.1. The first-order valence-electron chi connectivity index (χ1n) is 9.23. The lowest BCUT2D eigenvalue weighted by molar-refractivity contribution is -0.129. The topological polar surface area (TPSA) is 67.3 Å². The molecular formula is C20H24N4O2. The van der Waals surface area contributed by atoms with Gasteiger partial charge in [0.25, 0.3) is 0 Å². The molecule has 6 heteroatoms. The van der Waals surface area contributed by atoms with E-state index in [1.54, 1.807) is 13.4 Å². The molecule has 6 nitrogen and oxygen atoms in total. The Balaban J connectivity index is 1.34. The van der Waals surface area contributed by atoms with Crippen molar-refractivity contribution in [2.45, 2.75) is 38.1 Å². The number of ether oxygens (including phenoxy) is 1. The lowest BCUT2D eigenvalue weighted by Crippen LogP contribution is -2.32. The number of carbonyl (C=O) groups is 1. The highest BCUT2D eigenvalue weighted by Crippen LogP contribution is 2.26. The Hall–Kier alpha value is -2.63. The minimum Gasteiger partial charge on any atom is -0.497 e. The van der Waals surface area contributed by atoms with E-state index in [4.69, 9.17) is 4.74 Å². The quantitative estimate of drug-likeness (QED) is 0.894. The molecule has 1 aliphatic carbocycles. The third-order valence-electron chi connectivity index (χ3n) is 5.27. The maximum Gasteiger partial charge on any atom is 0.227 e. The molecule has 0 radical (unpaired) electrons. The Morgan fingerprint density at radius 1 is 1.27 bits per heavy atom. The molecule has 1 atom stereocenters. The van der Waals surface area contributed by atoms with Crippen molar-refractivity contribution < 1.29 is 9.53 Å². The molecule has 136 valence electrons. The summed E-state index contributed by atoms with van der Waals surface area (Å²) < 4.78 is 5.16. The predicted molar refractivity (Wildman–Crippen MR) is 99.4 cm³/mol. The second-order valence-corrected chi connectivity index (χ2v) is 7.00. The van der Waals surface area contributed by atoms with Crippen LogP contribution in [-0.4, -0.2) is 47.0 Å². The number of nitrogens with zero attached hydrogens (tertiary/aromatic N) is 3. The fraction of sp³-hybridized carbons (Fsp3) is 0.450. The van der Waals surface area contributed by atoms with E-state index in [0.29, 0.717) is 6.42 Å². The van der Waals surface area contributed by atoms with Gasteiger partial charge in [-0.1, -0.05) is 12.1 Å². The van der Waals surface area contributed by atoms with Crippen LogP contribution in [0.4, 0.5) is 5.82 Å². The Kier molecular flexibility index (Phi) is 4.73. The summed E-state index contributed by atoms with van der Waals surface area (Å²) in [5, 5.41) is 3.54. The zero-order valence-electron chi connectivity index (χ0n) is 15.1. The largest absolute Gasteiger partial charge is 0.497 e. The molecule has 1 saturated heterocycles. The van der Waals surface area contributed by atoms with Crippen molar-refractivity contribution >= 4 is 11.7 Å². The number of amides is 1. The molecule has 2 aliphatic rings. The predicted octanol–water partition coefficient (Wildman–Crippen LogP) is 2.23. The summed E-state index contributed by atoms with van der Waals surface area (Å²) in [7, 11) is 1.64. The lowest BCUT2D eigenvalue weighted by atomic mass is 10.1. The number of rotatable bonds is 5. The zero-order chi connectivity index (χ0) is 17.9. The van der Waals surface area contributed by atoms with E-state index >= 15 is 0 Å². The van der Waals surface area contributed by atoms with E-state index in [1.807, 2.05) is 29.2 Å². The first-order valence-corrected chi connectivity index (χ1v) is 9.23. The van der Waals surface area contributed by atoms with Gasteiger partial charge in [0, 0.05) is 30.4 Å². The second-order valence-electron chi connectivity index (χ2n) is 7.00. The molecule has 4 rings (SSSR count). The normalized spacial score (nSPS) is 18.7. The number of hydrogen-bond acceptors (Lipinski definition) is 5. The Morgan fingerprint density at radius 3 is 2.92 bits per heavy atom. The molecule has 1 N–H and O–H groups in total. The molecular weight excluding hydrogens is 328 g/mol. The van der Waals surface area contributed by atoms with Gasteiger partial charge in [-0.25, -0.2) is 9.97 Å². The molecule has 1 unspecified atom stereocenters. The Morgan fingerprint density at radius 2 is 2.12 bits per heavy atom. The minimum absolute atomic E-state index is 0.174. The fourth-order valence-corrected chi connectivity index (χ4v) is 3.81. The van der Waals surface area contributed by atoms with Gasteiger partial charge in [0.15, 0.2) is 0 Å². The van der Waals surface area contributed by atoms with Gasteiger partial charge in [-0.2, -0.15) is 0 Å². The van der Waals surface area contributed by atoms with E-state index < -0.39 is 0 Å². The van der Waals surface area contributed by atoms with Gasteiger partial charge in [0.2, 0.25) is 5.91 Å². The van der Waals surface area contributed by atoms with E-state index in [-0.39, 0.29) is 11.9 Å². The first-order chi connectivity index (χ1) is 12.7. The molecule has 1 aromatic carbocycles. The van der Waals surface area contributed by atoms with Crippen LogP contribution in [0.2, 0.25) is 0 Å². The molecule has 0 spiro atoms. The number of nitrogens with one attached hydrogen (secondary N) is 1. The average Bonchev–Trinajstić information content (AvgIpc) is 3.32. The summed E-state index contributed by atoms with van der Waals surface area (Å²) in [6.07, 6.45) is 6.27. The number of aryl methyl sites for hydroxylation is 1. The Bertz CT molecular complexity index is 791. The fourth-order valence-electron chi connectivity index (χ4n) is 3.81. The van der Waals surface area contributed by atoms with Crippen molar-refractivity contribution in [2.24, 2.45) is 0 Å². The summed E-state index contributed by atoms with van der Waals surface area (Å²) in [4.78, 5) is 23.3. The minimum atomic E-state index is 0.174. The second kappa shape index (κ2) is 7.32. The number of benzene rings is 1. The average molecular weight is 352 g/mol. The molecule has 2 heterocycles. The van der Waals surface area contributed by atoms with Crippen molar-refractivity contribution in [3.05, 3.63) is 47.4 Å². The van der Waals surface area contributed by atoms with Crippen molar-refractivity contribution in [1.82, 2.24) is 14.9 Å². The van der Waals surface area contributed by atoms with Crippen molar-refractivity contribution in [3.8, 4) is 5.75 Å². The number of carbonyl (C=O) groups excluding carboxylic acids is 1. The summed E-state index contributed by atoms with van der Waals surface area (Å²) in [5.41, 5.74) is 3.45. The molecule has 1 aliphatic heterocycles. The van der Waals surface area contributed by atoms with Gasteiger partial charge in [-0.05, 0) is 43.4 Å². The summed E-state index contributed by atoms with van der Waals surface area (Å²) in [6, 6.07) is 7.95. The standard InChI is InChI=1S/C20H24N4O2/c1-26-16-7-5-14(6-8-16)11-19(25)24-10-9-15(12-24)23-20-17-3-2-4-18(17)21-13-22-20/h5-8,13,15H,2-4,9-12H2,1H3,(H,21,22,23). The maximum atomic E-state index is 12.6. The highest BCUT2D eigenvalue weighted by molar-refractivity contribution is 5.79. The molecule has 26 heavy (non-hydrogen) atoms. The van der Waals surface area contributed by atoms with Crippen LogP contribution in [0.3, 0.4) is 0 Å². The molecule has 2 aromatic rings. The number of aromatic nitrogens is 2. The number of hydrogen-bond donors (Lipinski definition) is 1. The highest BCUT2D eigenvalue weighted by Gasteiger charge is 2.27. The number of fused-ring (bicyclic) bond motifs is 1.